The summed E-state index contributed by atoms with van der Waals surface area (Å²) in [5.41, 5.74) is 0.0748. The summed E-state index contributed by atoms with van der Waals surface area (Å²) in [6.45, 7) is 6.31. The summed E-state index contributed by atoms with van der Waals surface area (Å²) in [6, 6.07) is 0.925. The van der Waals surface area contributed by atoms with E-state index >= 15 is 0 Å². The summed E-state index contributed by atoms with van der Waals surface area (Å²) in [5.74, 6) is 0. The lowest BCUT2D eigenvalue weighted by molar-refractivity contribution is -0.142. The fourth-order valence-corrected chi connectivity index (χ4v) is 4.48. The van der Waals surface area contributed by atoms with Crippen LogP contribution in [-0.2, 0) is 4.74 Å². The van der Waals surface area contributed by atoms with Gasteiger partial charge in [-0.1, -0.05) is 33.1 Å². The van der Waals surface area contributed by atoms with Gasteiger partial charge in [0.2, 0.25) is 0 Å². The lowest BCUT2D eigenvalue weighted by atomic mass is 9.71. The zero-order valence-corrected chi connectivity index (χ0v) is 12.5. The smallest absolute Gasteiger partial charge is 0.0746 e. The number of fused-ring (bicyclic) bond motifs is 1. The summed E-state index contributed by atoms with van der Waals surface area (Å²) in [4.78, 5) is 2.61. The Hall–Kier alpha value is -0.120. The second-order valence-electron chi connectivity index (χ2n) is 7.39. The molecule has 2 saturated carbocycles. The van der Waals surface area contributed by atoms with Crippen molar-refractivity contribution in [3.63, 3.8) is 0 Å². The van der Waals surface area contributed by atoms with E-state index in [2.05, 4.69) is 18.7 Å². The Morgan fingerprint density at radius 3 is 2.63 bits per heavy atom. The first-order valence-electron chi connectivity index (χ1n) is 8.15. The lowest BCUT2D eigenvalue weighted by Gasteiger charge is -2.52. The van der Waals surface area contributed by atoms with E-state index in [1.165, 1.54) is 32.1 Å². The molecule has 19 heavy (non-hydrogen) atoms. The van der Waals surface area contributed by atoms with Crippen LogP contribution in [-0.4, -0.2) is 47.4 Å². The number of aliphatic hydroxyl groups is 1. The molecule has 3 heteroatoms. The van der Waals surface area contributed by atoms with Crippen LogP contribution in [0.5, 0.6) is 0 Å². The molecule has 1 N–H and O–H groups in total. The summed E-state index contributed by atoms with van der Waals surface area (Å²) in [5, 5.41) is 10.8. The predicted octanol–water partition coefficient (Wildman–Crippen LogP) is 2.57. The van der Waals surface area contributed by atoms with Crippen LogP contribution >= 0.6 is 0 Å². The largest absolute Gasteiger partial charge is 0.391 e. The highest BCUT2D eigenvalue weighted by Crippen LogP contribution is 2.40. The quantitative estimate of drug-likeness (QED) is 0.792. The van der Waals surface area contributed by atoms with Crippen LogP contribution < -0.4 is 0 Å². The normalized spacial score (nSPS) is 43.7. The molecule has 3 nitrogen and oxygen atoms in total. The van der Waals surface area contributed by atoms with Crippen molar-refractivity contribution in [1.29, 1.82) is 0 Å². The van der Waals surface area contributed by atoms with Crippen molar-refractivity contribution in [2.75, 3.05) is 13.2 Å². The van der Waals surface area contributed by atoms with Crippen molar-refractivity contribution >= 4 is 0 Å². The van der Waals surface area contributed by atoms with Crippen molar-refractivity contribution in [2.24, 2.45) is 5.41 Å². The summed E-state index contributed by atoms with van der Waals surface area (Å²) in [6.07, 6.45) is 8.94. The molecule has 3 rings (SSSR count). The van der Waals surface area contributed by atoms with Gasteiger partial charge < -0.3 is 9.84 Å². The molecule has 4 atom stereocenters. The van der Waals surface area contributed by atoms with Crippen molar-refractivity contribution in [3.8, 4) is 0 Å². The van der Waals surface area contributed by atoms with Gasteiger partial charge in [-0.25, -0.2) is 0 Å². The van der Waals surface area contributed by atoms with Crippen LogP contribution in [0.3, 0.4) is 0 Å². The maximum absolute atomic E-state index is 10.8. The van der Waals surface area contributed by atoms with Gasteiger partial charge in [0.05, 0.1) is 18.8 Å². The second kappa shape index (κ2) is 5.34. The van der Waals surface area contributed by atoms with E-state index in [0.717, 1.165) is 26.0 Å². The average molecular weight is 267 g/mol. The van der Waals surface area contributed by atoms with Gasteiger partial charge in [-0.2, -0.15) is 0 Å². The molecule has 0 amide bonds. The third-order valence-corrected chi connectivity index (χ3v) is 5.69. The maximum Gasteiger partial charge on any atom is 0.0746 e. The SMILES string of the molecule is CC1(C)CCCC(N2CCOC3CCCCC32)C1O. The molecule has 110 valence electrons. The van der Waals surface area contributed by atoms with Gasteiger partial charge in [0, 0.05) is 18.6 Å². The van der Waals surface area contributed by atoms with Crippen molar-refractivity contribution in [3.05, 3.63) is 0 Å². The van der Waals surface area contributed by atoms with Crippen LogP contribution in [0, 0.1) is 5.41 Å². The van der Waals surface area contributed by atoms with Gasteiger partial charge in [-0.05, 0) is 31.1 Å². The first kappa shape index (κ1) is 13.8. The van der Waals surface area contributed by atoms with Gasteiger partial charge in [0.25, 0.3) is 0 Å². The average Bonchev–Trinajstić information content (AvgIpc) is 2.41. The third kappa shape index (κ3) is 2.57. The first-order chi connectivity index (χ1) is 9.09. The second-order valence-corrected chi connectivity index (χ2v) is 7.39. The minimum absolute atomic E-state index is 0.0748. The zero-order chi connectivity index (χ0) is 13.5. The Morgan fingerprint density at radius 2 is 1.79 bits per heavy atom. The van der Waals surface area contributed by atoms with E-state index < -0.39 is 0 Å². The molecular formula is C16H29NO2. The number of ether oxygens (including phenoxy) is 1. The fourth-order valence-electron chi connectivity index (χ4n) is 4.48. The number of morpholine rings is 1. The number of hydrogen-bond donors (Lipinski definition) is 1. The maximum atomic E-state index is 10.8. The van der Waals surface area contributed by atoms with E-state index in [1.807, 2.05) is 0 Å². The molecule has 1 heterocycles. The number of rotatable bonds is 1. The standard InChI is InChI=1S/C16H29NO2/c1-16(2)9-5-7-13(15(16)18)17-10-11-19-14-8-4-3-6-12(14)17/h12-15,18H,3-11H2,1-2H3. The minimum atomic E-state index is -0.179. The molecule has 0 spiro atoms. The van der Waals surface area contributed by atoms with Crippen LogP contribution in [0.2, 0.25) is 0 Å². The Balaban J connectivity index is 1.76. The summed E-state index contributed by atoms with van der Waals surface area (Å²) in [7, 11) is 0. The molecule has 3 fully saturated rings. The fraction of sp³-hybridized carbons (Fsp3) is 1.00. The highest BCUT2D eigenvalue weighted by atomic mass is 16.5. The predicted molar refractivity (Wildman–Crippen MR) is 76.1 cm³/mol. The van der Waals surface area contributed by atoms with Gasteiger partial charge in [0.1, 0.15) is 0 Å². The summed E-state index contributed by atoms with van der Waals surface area (Å²) >= 11 is 0. The van der Waals surface area contributed by atoms with E-state index in [-0.39, 0.29) is 11.5 Å². The topological polar surface area (TPSA) is 32.7 Å². The highest BCUT2D eigenvalue weighted by Gasteiger charge is 2.45. The molecule has 0 aromatic rings. The monoisotopic (exact) mass is 267 g/mol. The van der Waals surface area contributed by atoms with Crippen LogP contribution in [0.1, 0.15) is 58.8 Å². The highest BCUT2D eigenvalue weighted by molar-refractivity contribution is 4.98. The molecule has 2 aliphatic carbocycles. The number of hydrogen-bond acceptors (Lipinski definition) is 3. The van der Waals surface area contributed by atoms with Gasteiger partial charge in [0.15, 0.2) is 0 Å². The van der Waals surface area contributed by atoms with Crippen molar-refractivity contribution in [1.82, 2.24) is 4.90 Å². The zero-order valence-electron chi connectivity index (χ0n) is 12.5. The van der Waals surface area contributed by atoms with E-state index in [4.69, 9.17) is 4.74 Å². The van der Waals surface area contributed by atoms with E-state index in [0.29, 0.717) is 18.2 Å². The first-order valence-corrected chi connectivity index (χ1v) is 8.15. The molecule has 0 bridgehead atoms. The Morgan fingerprint density at radius 1 is 1.05 bits per heavy atom. The Kier molecular flexibility index (Phi) is 3.89. The van der Waals surface area contributed by atoms with E-state index in [9.17, 15) is 5.11 Å². The molecule has 3 aliphatic rings. The van der Waals surface area contributed by atoms with Crippen molar-refractivity contribution in [2.45, 2.75) is 83.1 Å². The minimum Gasteiger partial charge on any atom is -0.391 e. The van der Waals surface area contributed by atoms with Gasteiger partial charge in [-0.15, -0.1) is 0 Å². The molecule has 4 unspecified atom stereocenters. The third-order valence-electron chi connectivity index (χ3n) is 5.69. The van der Waals surface area contributed by atoms with Gasteiger partial charge in [-0.3, -0.25) is 4.90 Å². The molecule has 0 radical (unpaired) electrons. The molecule has 1 aliphatic heterocycles. The molecular weight excluding hydrogens is 238 g/mol. The van der Waals surface area contributed by atoms with Gasteiger partial charge >= 0.3 is 0 Å². The molecule has 1 saturated heterocycles. The van der Waals surface area contributed by atoms with E-state index in [1.54, 1.807) is 0 Å². The Bertz CT molecular complexity index is 316. The number of nitrogens with zero attached hydrogens (tertiary/aromatic N) is 1. The lowest BCUT2D eigenvalue weighted by Crippen LogP contribution is -2.62. The number of aliphatic hydroxyl groups excluding tert-OH is 1. The Labute approximate surface area is 117 Å². The van der Waals surface area contributed by atoms with Crippen molar-refractivity contribution < 1.29 is 9.84 Å². The summed E-state index contributed by atoms with van der Waals surface area (Å²) < 4.78 is 5.97. The molecule has 0 aromatic carbocycles. The van der Waals surface area contributed by atoms with Crippen LogP contribution in [0.4, 0.5) is 0 Å². The van der Waals surface area contributed by atoms with Crippen LogP contribution in [0.15, 0.2) is 0 Å². The molecule has 0 aromatic heterocycles. The van der Waals surface area contributed by atoms with Crippen LogP contribution in [0.25, 0.3) is 0 Å².